The molecule has 0 atom stereocenters. The standard InChI is InChI=1S/C16H18Si/c1-17(2,3)12-5-4-7-14-10-11-15-8-6-9-16(15)13-14/h4,6-7,9-11,13H,8H2,1-3H3/b7-4+. The van der Waals surface area contributed by atoms with Crippen LogP contribution in [0.2, 0.25) is 19.6 Å². The van der Waals surface area contributed by atoms with Crippen LogP contribution in [0, 0.1) is 11.5 Å². The summed E-state index contributed by atoms with van der Waals surface area (Å²) in [5.41, 5.74) is 7.35. The normalized spacial score (nSPS) is 13.6. The fourth-order valence-corrected chi connectivity index (χ4v) is 2.28. The summed E-state index contributed by atoms with van der Waals surface area (Å²) in [6.07, 6.45) is 9.55. The van der Waals surface area contributed by atoms with Crippen LogP contribution in [0.5, 0.6) is 0 Å². The molecule has 1 aliphatic carbocycles. The van der Waals surface area contributed by atoms with Crippen molar-refractivity contribution in [1.29, 1.82) is 0 Å². The molecule has 0 saturated heterocycles. The van der Waals surface area contributed by atoms with Crippen LogP contribution in [0.1, 0.15) is 16.7 Å². The first-order valence-electron chi connectivity index (χ1n) is 6.03. The van der Waals surface area contributed by atoms with E-state index in [1.807, 2.05) is 6.08 Å². The van der Waals surface area contributed by atoms with Gasteiger partial charge >= 0.3 is 0 Å². The number of fused-ring (bicyclic) bond motifs is 1. The van der Waals surface area contributed by atoms with Crippen molar-refractivity contribution in [2.45, 2.75) is 26.1 Å². The predicted molar refractivity (Wildman–Crippen MR) is 79.3 cm³/mol. The number of benzene rings is 1. The van der Waals surface area contributed by atoms with E-state index in [1.54, 1.807) is 0 Å². The van der Waals surface area contributed by atoms with Crippen LogP contribution in [0.3, 0.4) is 0 Å². The lowest BCUT2D eigenvalue weighted by atomic mass is 10.1. The van der Waals surface area contributed by atoms with Gasteiger partial charge in [-0.15, -0.1) is 5.54 Å². The minimum atomic E-state index is -1.24. The van der Waals surface area contributed by atoms with Gasteiger partial charge in [0.05, 0.1) is 0 Å². The molecule has 0 unspecified atom stereocenters. The molecule has 1 aliphatic rings. The second-order valence-corrected chi connectivity index (χ2v) is 10.2. The highest BCUT2D eigenvalue weighted by Gasteiger charge is 2.06. The van der Waals surface area contributed by atoms with Gasteiger partial charge in [-0.05, 0) is 41.3 Å². The van der Waals surface area contributed by atoms with Crippen molar-refractivity contribution in [2.24, 2.45) is 0 Å². The van der Waals surface area contributed by atoms with E-state index >= 15 is 0 Å². The molecule has 86 valence electrons. The zero-order valence-electron chi connectivity index (χ0n) is 10.7. The monoisotopic (exact) mass is 238 g/mol. The maximum Gasteiger partial charge on any atom is 0.129 e. The SMILES string of the molecule is C[Si](C)(C)C#C/C=C/c1ccc2c(c1)C=CC2. The Labute approximate surface area is 105 Å². The summed E-state index contributed by atoms with van der Waals surface area (Å²) >= 11 is 0. The average Bonchev–Trinajstić information content (AvgIpc) is 2.70. The Morgan fingerprint density at radius 2 is 2.06 bits per heavy atom. The molecule has 0 nitrogen and oxygen atoms in total. The molecule has 0 saturated carbocycles. The quantitative estimate of drug-likeness (QED) is 0.509. The smallest absolute Gasteiger partial charge is 0.127 e. The molecule has 0 fully saturated rings. The Hall–Kier alpha value is -1.52. The first-order valence-corrected chi connectivity index (χ1v) is 9.53. The minimum Gasteiger partial charge on any atom is -0.127 e. The van der Waals surface area contributed by atoms with Gasteiger partial charge in [-0.3, -0.25) is 0 Å². The van der Waals surface area contributed by atoms with Gasteiger partial charge in [-0.25, -0.2) is 0 Å². The van der Waals surface area contributed by atoms with Gasteiger partial charge in [0.1, 0.15) is 8.07 Å². The Kier molecular flexibility index (Phi) is 3.35. The largest absolute Gasteiger partial charge is 0.129 e. The summed E-state index contributed by atoms with van der Waals surface area (Å²) in [6, 6.07) is 6.60. The van der Waals surface area contributed by atoms with E-state index in [1.165, 1.54) is 16.7 Å². The first kappa shape index (κ1) is 11.9. The number of allylic oxidation sites excluding steroid dienone is 2. The van der Waals surface area contributed by atoms with Gasteiger partial charge in [-0.2, -0.15) is 0 Å². The summed E-state index contributed by atoms with van der Waals surface area (Å²) in [5, 5.41) is 0. The number of hydrogen-bond acceptors (Lipinski definition) is 0. The molecule has 17 heavy (non-hydrogen) atoms. The zero-order valence-corrected chi connectivity index (χ0v) is 11.7. The van der Waals surface area contributed by atoms with Crippen LogP contribution in [-0.4, -0.2) is 8.07 Å². The predicted octanol–water partition coefficient (Wildman–Crippen LogP) is 4.15. The van der Waals surface area contributed by atoms with E-state index in [0.717, 1.165) is 6.42 Å². The fraction of sp³-hybridized carbons (Fsp3) is 0.250. The minimum absolute atomic E-state index is 1.08. The molecule has 1 heteroatoms. The third-order valence-corrected chi connectivity index (χ3v) is 3.51. The van der Waals surface area contributed by atoms with E-state index in [4.69, 9.17) is 0 Å². The van der Waals surface area contributed by atoms with Gasteiger partial charge in [0.2, 0.25) is 0 Å². The molecular weight excluding hydrogens is 220 g/mol. The lowest BCUT2D eigenvalue weighted by molar-refractivity contribution is 1.31. The van der Waals surface area contributed by atoms with Crippen molar-refractivity contribution in [3.63, 3.8) is 0 Å². The molecule has 0 heterocycles. The Balaban J connectivity index is 2.11. The number of hydrogen-bond donors (Lipinski definition) is 0. The van der Waals surface area contributed by atoms with Gasteiger partial charge in [0, 0.05) is 0 Å². The van der Waals surface area contributed by atoms with Crippen molar-refractivity contribution in [3.05, 3.63) is 47.0 Å². The Bertz CT molecular complexity index is 531. The molecular formula is C16H18Si. The highest BCUT2D eigenvalue weighted by atomic mass is 28.3. The van der Waals surface area contributed by atoms with Crippen molar-refractivity contribution in [1.82, 2.24) is 0 Å². The van der Waals surface area contributed by atoms with E-state index in [0.29, 0.717) is 0 Å². The highest BCUT2D eigenvalue weighted by molar-refractivity contribution is 6.83. The molecule has 0 spiro atoms. The fourth-order valence-electron chi connectivity index (χ4n) is 1.77. The van der Waals surface area contributed by atoms with E-state index < -0.39 is 8.07 Å². The highest BCUT2D eigenvalue weighted by Crippen LogP contribution is 2.21. The van der Waals surface area contributed by atoms with E-state index in [-0.39, 0.29) is 0 Å². The van der Waals surface area contributed by atoms with Crippen molar-refractivity contribution in [3.8, 4) is 11.5 Å². The third kappa shape index (κ3) is 3.47. The average molecular weight is 238 g/mol. The maximum absolute atomic E-state index is 3.33. The Morgan fingerprint density at radius 1 is 1.24 bits per heavy atom. The Morgan fingerprint density at radius 3 is 2.82 bits per heavy atom. The van der Waals surface area contributed by atoms with Crippen LogP contribution < -0.4 is 0 Å². The van der Waals surface area contributed by atoms with E-state index in [9.17, 15) is 0 Å². The lowest BCUT2D eigenvalue weighted by Crippen LogP contribution is -2.16. The summed E-state index contributed by atoms with van der Waals surface area (Å²) in [5.74, 6) is 3.15. The van der Waals surface area contributed by atoms with Crippen LogP contribution >= 0.6 is 0 Å². The summed E-state index contributed by atoms with van der Waals surface area (Å²) in [6.45, 7) is 6.77. The molecule has 0 aromatic heterocycles. The van der Waals surface area contributed by atoms with Gasteiger partial charge < -0.3 is 0 Å². The van der Waals surface area contributed by atoms with Crippen molar-refractivity contribution >= 4 is 20.2 Å². The molecule has 0 radical (unpaired) electrons. The zero-order chi connectivity index (χ0) is 12.3. The molecule has 1 aromatic rings. The van der Waals surface area contributed by atoms with E-state index in [2.05, 4.69) is 67.5 Å². The summed E-state index contributed by atoms with van der Waals surface area (Å²) in [7, 11) is -1.24. The first-order chi connectivity index (χ1) is 8.04. The summed E-state index contributed by atoms with van der Waals surface area (Å²) < 4.78 is 0. The van der Waals surface area contributed by atoms with Gasteiger partial charge in [0.15, 0.2) is 0 Å². The van der Waals surface area contributed by atoms with Crippen molar-refractivity contribution in [2.75, 3.05) is 0 Å². The molecule has 0 amide bonds. The lowest BCUT2D eigenvalue weighted by Gasteiger charge is -2.02. The summed E-state index contributed by atoms with van der Waals surface area (Å²) in [4.78, 5) is 0. The molecule has 1 aromatic carbocycles. The second kappa shape index (κ2) is 4.77. The molecule has 0 aliphatic heterocycles. The molecule has 0 N–H and O–H groups in total. The maximum atomic E-state index is 3.33. The second-order valence-electron chi connectivity index (χ2n) is 5.42. The molecule has 2 rings (SSSR count). The topological polar surface area (TPSA) is 0 Å². The van der Waals surface area contributed by atoms with Gasteiger partial charge in [-0.1, -0.05) is 49.8 Å². The third-order valence-electron chi connectivity index (χ3n) is 2.61. The van der Waals surface area contributed by atoms with Crippen LogP contribution in [0.4, 0.5) is 0 Å². The van der Waals surface area contributed by atoms with Gasteiger partial charge in [0.25, 0.3) is 0 Å². The van der Waals surface area contributed by atoms with Crippen molar-refractivity contribution < 1.29 is 0 Å². The van der Waals surface area contributed by atoms with Crippen LogP contribution in [0.15, 0.2) is 30.4 Å². The van der Waals surface area contributed by atoms with Crippen LogP contribution in [-0.2, 0) is 6.42 Å². The van der Waals surface area contributed by atoms with Crippen LogP contribution in [0.25, 0.3) is 12.2 Å². The number of rotatable bonds is 1. The molecule has 0 bridgehead atoms.